The lowest BCUT2D eigenvalue weighted by molar-refractivity contribution is -0.121. The first-order valence-electron chi connectivity index (χ1n) is 6.66. The van der Waals surface area contributed by atoms with Crippen molar-refractivity contribution < 1.29 is 18.0 Å². The van der Waals surface area contributed by atoms with E-state index >= 15 is 0 Å². The standard InChI is InChI=1S/C14H18N2O4S/c1-10-4-5-11(21(2,19)20)8-12(10)14(18)16-7-3-6-15-13(17)9-16/h4-5,8H,3,6-7,9H2,1-2H3,(H,15,17). The number of benzene rings is 1. The van der Waals surface area contributed by atoms with Gasteiger partial charge in [0.1, 0.15) is 0 Å². The Morgan fingerprint density at radius 1 is 1.33 bits per heavy atom. The molecule has 0 atom stereocenters. The summed E-state index contributed by atoms with van der Waals surface area (Å²) in [7, 11) is -3.37. The van der Waals surface area contributed by atoms with E-state index in [4.69, 9.17) is 0 Å². The van der Waals surface area contributed by atoms with Gasteiger partial charge in [0.2, 0.25) is 5.91 Å². The lowest BCUT2D eigenvalue weighted by Crippen LogP contribution is -2.37. The largest absolute Gasteiger partial charge is 0.354 e. The Hall–Kier alpha value is -1.89. The third kappa shape index (κ3) is 3.60. The lowest BCUT2D eigenvalue weighted by Gasteiger charge is -2.20. The first kappa shape index (κ1) is 15.5. The number of sulfone groups is 1. The molecule has 1 fully saturated rings. The van der Waals surface area contributed by atoms with Crippen molar-refractivity contribution in [2.75, 3.05) is 25.9 Å². The first-order chi connectivity index (χ1) is 9.79. The molecule has 0 radical (unpaired) electrons. The number of nitrogens with one attached hydrogen (secondary N) is 1. The van der Waals surface area contributed by atoms with E-state index in [9.17, 15) is 18.0 Å². The van der Waals surface area contributed by atoms with E-state index < -0.39 is 9.84 Å². The maximum Gasteiger partial charge on any atom is 0.254 e. The van der Waals surface area contributed by atoms with Crippen molar-refractivity contribution in [3.8, 4) is 0 Å². The van der Waals surface area contributed by atoms with Gasteiger partial charge in [0, 0.05) is 24.9 Å². The number of carbonyl (C=O) groups excluding carboxylic acids is 2. The SMILES string of the molecule is Cc1ccc(S(C)(=O)=O)cc1C(=O)N1CCCNC(=O)C1. The quantitative estimate of drug-likeness (QED) is 0.855. The number of hydrogen-bond donors (Lipinski definition) is 1. The summed E-state index contributed by atoms with van der Waals surface area (Å²) in [4.78, 5) is 25.7. The predicted octanol–water partition coefficient (Wildman–Crippen LogP) is 0.361. The maximum atomic E-state index is 12.5. The Labute approximate surface area is 124 Å². The fourth-order valence-corrected chi connectivity index (χ4v) is 2.86. The lowest BCUT2D eigenvalue weighted by atomic mass is 10.1. The van der Waals surface area contributed by atoms with Gasteiger partial charge in [-0.1, -0.05) is 6.07 Å². The molecule has 1 N–H and O–H groups in total. The van der Waals surface area contributed by atoms with Crippen LogP contribution in [0.2, 0.25) is 0 Å². The van der Waals surface area contributed by atoms with Gasteiger partial charge in [-0.05, 0) is 31.0 Å². The van der Waals surface area contributed by atoms with Crippen molar-refractivity contribution in [3.63, 3.8) is 0 Å². The molecule has 7 heteroatoms. The molecule has 1 aromatic carbocycles. The van der Waals surface area contributed by atoms with E-state index in [0.29, 0.717) is 30.6 Å². The highest BCUT2D eigenvalue weighted by atomic mass is 32.2. The number of hydrogen-bond acceptors (Lipinski definition) is 4. The van der Waals surface area contributed by atoms with Crippen molar-refractivity contribution in [1.29, 1.82) is 0 Å². The molecule has 21 heavy (non-hydrogen) atoms. The molecule has 114 valence electrons. The third-order valence-corrected chi connectivity index (χ3v) is 4.53. The van der Waals surface area contributed by atoms with Crippen LogP contribution in [0.25, 0.3) is 0 Å². The Kier molecular flexibility index (Phi) is 4.32. The highest BCUT2D eigenvalue weighted by Crippen LogP contribution is 2.18. The normalized spacial score (nSPS) is 16.3. The number of rotatable bonds is 2. The van der Waals surface area contributed by atoms with Crippen molar-refractivity contribution in [1.82, 2.24) is 10.2 Å². The van der Waals surface area contributed by atoms with E-state index in [-0.39, 0.29) is 23.3 Å². The van der Waals surface area contributed by atoms with Crippen LogP contribution in [0.15, 0.2) is 23.1 Å². The van der Waals surface area contributed by atoms with Crippen LogP contribution in [0.4, 0.5) is 0 Å². The minimum atomic E-state index is -3.37. The average molecular weight is 310 g/mol. The average Bonchev–Trinajstić information content (AvgIpc) is 2.62. The van der Waals surface area contributed by atoms with Crippen molar-refractivity contribution in [2.45, 2.75) is 18.2 Å². The van der Waals surface area contributed by atoms with Crippen LogP contribution in [-0.4, -0.2) is 51.0 Å². The molecule has 2 amide bonds. The monoisotopic (exact) mass is 310 g/mol. The predicted molar refractivity (Wildman–Crippen MR) is 77.8 cm³/mol. The molecule has 0 spiro atoms. The first-order valence-corrected chi connectivity index (χ1v) is 8.55. The molecule has 2 rings (SSSR count). The van der Waals surface area contributed by atoms with Crippen LogP contribution < -0.4 is 5.32 Å². The van der Waals surface area contributed by atoms with Crippen LogP contribution >= 0.6 is 0 Å². The Morgan fingerprint density at radius 3 is 2.71 bits per heavy atom. The van der Waals surface area contributed by atoms with Crippen molar-refractivity contribution >= 4 is 21.7 Å². The molecular weight excluding hydrogens is 292 g/mol. The minimum absolute atomic E-state index is 0.00137. The molecule has 0 bridgehead atoms. The molecule has 6 nitrogen and oxygen atoms in total. The van der Waals surface area contributed by atoms with Gasteiger partial charge in [0.15, 0.2) is 9.84 Å². The van der Waals surface area contributed by atoms with E-state index in [1.165, 1.54) is 17.0 Å². The smallest absolute Gasteiger partial charge is 0.254 e. The van der Waals surface area contributed by atoms with Crippen LogP contribution in [0.5, 0.6) is 0 Å². The Balaban J connectivity index is 2.36. The van der Waals surface area contributed by atoms with Gasteiger partial charge in [-0.25, -0.2) is 8.42 Å². The zero-order chi connectivity index (χ0) is 15.6. The van der Waals surface area contributed by atoms with Gasteiger partial charge in [-0.2, -0.15) is 0 Å². The second-order valence-corrected chi connectivity index (χ2v) is 7.19. The summed E-state index contributed by atoms with van der Waals surface area (Å²) in [5, 5.41) is 2.70. The van der Waals surface area contributed by atoms with Gasteiger partial charge in [-0.15, -0.1) is 0 Å². The zero-order valence-electron chi connectivity index (χ0n) is 12.0. The number of amides is 2. The number of carbonyl (C=O) groups is 2. The van der Waals surface area contributed by atoms with E-state index in [1.54, 1.807) is 13.0 Å². The van der Waals surface area contributed by atoms with E-state index in [0.717, 1.165) is 6.26 Å². The zero-order valence-corrected chi connectivity index (χ0v) is 12.9. The molecule has 0 saturated carbocycles. The van der Waals surface area contributed by atoms with Gasteiger partial charge in [0.25, 0.3) is 5.91 Å². The molecule has 1 aromatic rings. The summed E-state index contributed by atoms with van der Waals surface area (Å²) in [5.41, 5.74) is 1.02. The highest BCUT2D eigenvalue weighted by Gasteiger charge is 2.23. The minimum Gasteiger partial charge on any atom is -0.354 e. The topological polar surface area (TPSA) is 83.6 Å². The molecule has 0 aromatic heterocycles. The molecule has 1 aliphatic heterocycles. The second kappa shape index (κ2) is 5.85. The highest BCUT2D eigenvalue weighted by molar-refractivity contribution is 7.90. The molecular formula is C14H18N2O4S. The van der Waals surface area contributed by atoms with Crippen molar-refractivity contribution in [3.05, 3.63) is 29.3 Å². The number of nitrogens with zero attached hydrogens (tertiary/aromatic N) is 1. The number of aryl methyl sites for hydroxylation is 1. The van der Waals surface area contributed by atoms with Crippen LogP contribution in [0, 0.1) is 6.92 Å². The molecule has 0 aliphatic carbocycles. The second-order valence-electron chi connectivity index (χ2n) is 5.18. The van der Waals surface area contributed by atoms with Gasteiger partial charge in [0.05, 0.1) is 11.4 Å². The fraction of sp³-hybridized carbons (Fsp3) is 0.429. The Morgan fingerprint density at radius 2 is 2.05 bits per heavy atom. The molecule has 0 unspecified atom stereocenters. The van der Waals surface area contributed by atoms with Crippen LogP contribution in [0.1, 0.15) is 22.3 Å². The summed E-state index contributed by atoms with van der Waals surface area (Å²) < 4.78 is 23.2. The summed E-state index contributed by atoms with van der Waals surface area (Å²) in [6.45, 7) is 2.77. The molecule has 1 aliphatic rings. The van der Waals surface area contributed by atoms with E-state index in [2.05, 4.69) is 5.32 Å². The summed E-state index contributed by atoms with van der Waals surface area (Å²) in [6, 6.07) is 4.48. The maximum absolute atomic E-state index is 12.5. The van der Waals surface area contributed by atoms with Crippen molar-refractivity contribution in [2.24, 2.45) is 0 Å². The van der Waals surface area contributed by atoms with Gasteiger partial charge < -0.3 is 10.2 Å². The Bertz CT molecular complexity index is 682. The fourth-order valence-electron chi connectivity index (χ4n) is 2.21. The van der Waals surface area contributed by atoms with E-state index in [1.807, 2.05) is 0 Å². The summed E-state index contributed by atoms with van der Waals surface area (Å²) in [6.07, 6.45) is 1.79. The third-order valence-electron chi connectivity index (χ3n) is 3.42. The van der Waals surface area contributed by atoms with Crippen LogP contribution in [0.3, 0.4) is 0 Å². The molecule has 1 heterocycles. The molecule has 1 saturated heterocycles. The van der Waals surface area contributed by atoms with Gasteiger partial charge >= 0.3 is 0 Å². The summed E-state index contributed by atoms with van der Waals surface area (Å²) in [5.74, 6) is -0.507. The van der Waals surface area contributed by atoms with Gasteiger partial charge in [-0.3, -0.25) is 9.59 Å². The van der Waals surface area contributed by atoms with Crippen LogP contribution in [-0.2, 0) is 14.6 Å². The summed E-state index contributed by atoms with van der Waals surface area (Å²) >= 11 is 0.